The number of ether oxygens (including phenoxy) is 1. The van der Waals surface area contributed by atoms with E-state index >= 15 is 4.39 Å². The highest BCUT2D eigenvalue weighted by molar-refractivity contribution is 6.30. The van der Waals surface area contributed by atoms with E-state index < -0.39 is 29.6 Å². The van der Waals surface area contributed by atoms with E-state index in [1.165, 1.54) is 12.1 Å². The smallest absolute Gasteiger partial charge is 0.321 e. The standard InChI is InChI=1S/C31H38ClF2N3O4.CH4/c1-19-3-4-21(27(33)13-19)14-29(31(39)40)35-9-10-37(20(2)16-35)30(38)26-18-36(23-7-11-41-12-8-23)17-25(26)24-6-5-22(32)15-28(24)34;/h3-6,13,15,20,23,25-26,29H,7-12,14,16-18H2,1-2H3,(H,39,40);1H4/t20-,25-,26+,29-;/m0./s1. The van der Waals surface area contributed by atoms with Crippen molar-refractivity contribution in [2.75, 3.05) is 45.9 Å². The van der Waals surface area contributed by atoms with Gasteiger partial charge in [-0.1, -0.05) is 37.2 Å². The van der Waals surface area contributed by atoms with Crippen molar-refractivity contribution < 1.29 is 28.2 Å². The van der Waals surface area contributed by atoms with Crippen molar-refractivity contribution in [1.82, 2.24) is 14.7 Å². The molecule has 1 N–H and O–H groups in total. The summed E-state index contributed by atoms with van der Waals surface area (Å²) in [5.74, 6) is -2.61. The average molecular weight is 606 g/mol. The maximum absolute atomic E-state index is 15.1. The Labute approximate surface area is 252 Å². The first-order chi connectivity index (χ1) is 19.6. The predicted octanol–water partition coefficient (Wildman–Crippen LogP) is 4.99. The Bertz CT molecular complexity index is 1270. The molecule has 0 radical (unpaired) electrons. The molecule has 0 saturated carbocycles. The Morgan fingerprint density at radius 2 is 1.79 bits per heavy atom. The van der Waals surface area contributed by atoms with Crippen LogP contribution in [0.5, 0.6) is 0 Å². The molecule has 0 spiro atoms. The average Bonchev–Trinajstić information content (AvgIpc) is 3.38. The third-order valence-electron chi connectivity index (χ3n) is 9.02. The van der Waals surface area contributed by atoms with Crippen LogP contribution in [0, 0.1) is 24.5 Å². The summed E-state index contributed by atoms with van der Waals surface area (Å²) in [4.78, 5) is 32.3. The lowest BCUT2D eigenvalue weighted by molar-refractivity contribution is -0.147. The summed E-state index contributed by atoms with van der Waals surface area (Å²) in [7, 11) is 0. The van der Waals surface area contributed by atoms with Gasteiger partial charge in [0.1, 0.15) is 17.7 Å². The fourth-order valence-electron chi connectivity index (χ4n) is 6.76. The number of hydrogen-bond donors (Lipinski definition) is 1. The monoisotopic (exact) mass is 605 g/mol. The van der Waals surface area contributed by atoms with Crippen LogP contribution < -0.4 is 0 Å². The predicted molar refractivity (Wildman–Crippen MR) is 159 cm³/mol. The van der Waals surface area contributed by atoms with Gasteiger partial charge in [-0.3, -0.25) is 19.4 Å². The maximum Gasteiger partial charge on any atom is 0.321 e. The number of benzene rings is 2. The number of halogens is 3. The molecular weight excluding hydrogens is 564 g/mol. The minimum Gasteiger partial charge on any atom is -0.480 e. The van der Waals surface area contributed by atoms with Crippen molar-refractivity contribution >= 4 is 23.5 Å². The molecule has 3 saturated heterocycles. The van der Waals surface area contributed by atoms with Crippen LogP contribution in [-0.4, -0.2) is 95.7 Å². The van der Waals surface area contributed by atoms with E-state index in [9.17, 15) is 19.1 Å². The number of aliphatic carboxylic acids is 1. The molecule has 3 fully saturated rings. The molecule has 10 heteroatoms. The van der Waals surface area contributed by atoms with Gasteiger partial charge in [0.05, 0.1) is 5.92 Å². The van der Waals surface area contributed by atoms with Gasteiger partial charge in [-0.05, 0) is 61.6 Å². The molecule has 42 heavy (non-hydrogen) atoms. The summed E-state index contributed by atoms with van der Waals surface area (Å²) in [6, 6.07) is 8.63. The zero-order valence-corrected chi connectivity index (χ0v) is 24.3. The second-order valence-corrected chi connectivity index (χ2v) is 12.1. The van der Waals surface area contributed by atoms with Gasteiger partial charge >= 0.3 is 5.97 Å². The summed E-state index contributed by atoms with van der Waals surface area (Å²) in [5, 5.41) is 10.3. The number of likely N-dealkylation sites (tertiary alicyclic amines) is 1. The van der Waals surface area contributed by atoms with E-state index in [4.69, 9.17) is 16.3 Å². The normalized spacial score (nSPS) is 24.8. The molecule has 0 bridgehead atoms. The zero-order chi connectivity index (χ0) is 29.3. The Kier molecular flexibility index (Phi) is 10.6. The van der Waals surface area contributed by atoms with E-state index in [0.29, 0.717) is 62.1 Å². The fourth-order valence-corrected chi connectivity index (χ4v) is 6.92. The van der Waals surface area contributed by atoms with Gasteiger partial charge in [-0.25, -0.2) is 8.78 Å². The third-order valence-corrected chi connectivity index (χ3v) is 9.26. The van der Waals surface area contributed by atoms with Gasteiger partial charge in [-0.15, -0.1) is 0 Å². The zero-order valence-electron chi connectivity index (χ0n) is 23.6. The number of aryl methyl sites for hydroxylation is 1. The van der Waals surface area contributed by atoms with Crippen molar-refractivity contribution in [3.8, 4) is 0 Å². The first-order valence-electron chi connectivity index (χ1n) is 14.4. The number of nitrogens with zero attached hydrogens (tertiary/aromatic N) is 3. The lowest BCUT2D eigenvalue weighted by Crippen LogP contribution is -2.59. The number of piperazine rings is 1. The number of hydrogen-bond acceptors (Lipinski definition) is 5. The highest BCUT2D eigenvalue weighted by Gasteiger charge is 2.45. The molecule has 2 aromatic rings. The second kappa shape index (κ2) is 13.8. The van der Waals surface area contributed by atoms with E-state index in [-0.39, 0.29) is 37.8 Å². The third kappa shape index (κ3) is 6.96. The molecule has 5 rings (SSSR count). The van der Waals surface area contributed by atoms with Gasteiger partial charge in [-0.2, -0.15) is 0 Å². The van der Waals surface area contributed by atoms with Crippen LogP contribution in [0.2, 0.25) is 5.02 Å². The molecule has 4 atom stereocenters. The van der Waals surface area contributed by atoms with Crippen LogP contribution in [0.3, 0.4) is 0 Å². The second-order valence-electron chi connectivity index (χ2n) is 11.7. The quantitative estimate of drug-likeness (QED) is 0.480. The molecule has 3 heterocycles. The number of carbonyl (C=O) groups is 2. The Morgan fingerprint density at radius 3 is 2.43 bits per heavy atom. The topological polar surface area (TPSA) is 73.3 Å². The number of amides is 1. The fraction of sp³-hybridized carbons (Fsp3) is 0.562. The molecule has 3 aliphatic rings. The van der Waals surface area contributed by atoms with E-state index in [1.807, 2.05) is 16.7 Å². The summed E-state index contributed by atoms with van der Waals surface area (Å²) in [6.45, 7) is 7.24. The summed E-state index contributed by atoms with van der Waals surface area (Å²) in [6.07, 6.45) is 1.80. The summed E-state index contributed by atoms with van der Waals surface area (Å²) < 4.78 is 35.2. The number of carbonyl (C=O) groups excluding carboxylic acids is 1. The lowest BCUT2D eigenvalue weighted by atomic mass is 9.87. The van der Waals surface area contributed by atoms with Crippen LogP contribution in [0.1, 0.15) is 49.8 Å². The lowest BCUT2D eigenvalue weighted by Gasteiger charge is -2.43. The number of carboxylic acid groups (broad SMARTS) is 1. The van der Waals surface area contributed by atoms with Gasteiger partial charge in [0.15, 0.2) is 0 Å². The minimum absolute atomic E-state index is 0. The molecule has 230 valence electrons. The minimum atomic E-state index is -1.02. The first kappa shape index (κ1) is 32.3. The van der Waals surface area contributed by atoms with Crippen LogP contribution in [-0.2, 0) is 20.7 Å². The molecule has 1 amide bonds. The molecular formula is C32H42ClF2N3O4. The van der Waals surface area contributed by atoms with Crippen LogP contribution >= 0.6 is 11.6 Å². The maximum atomic E-state index is 15.1. The number of rotatable bonds is 7. The van der Waals surface area contributed by atoms with E-state index in [0.717, 1.165) is 18.4 Å². The SMILES string of the molecule is C.Cc1ccc(C[C@@H](C(=O)O)N2CCN(C(=O)[C@@H]3CN(C4CCOCC4)C[C@H]3c3ccc(Cl)cc3F)[C@@H](C)C2)c(F)c1. The highest BCUT2D eigenvalue weighted by Crippen LogP contribution is 2.39. The van der Waals surface area contributed by atoms with Crippen LogP contribution in [0.25, 0.3) is 0 Å². The molecule has 2 aromatic carbocycles. The van der Waals surface area contributed by atoms with Crippen molar-refractivity contribution in [3.63, 3.8) is 0 Å². The largest absolute Gasteiger partial charge is 0.480 e. The molecule has 0 aromatic heterocycles. The van der Waals surface area contributed by atoms with Gasteiger partial charge in [0.25, 0.3) is 0 Å². The highest BCUT2D eigenvalue weighted by atomic mass is 35.5. The Balaban J connectivity index is 0.00000405. The molecule has 7 nitrogen and oxygen atoms in total. The summed E-state index contributed by atoms with van der Waals surface area (Å²) in [5.41, 5.74) is 1.64. The van der Waals surface area contributed by atoms with Crippen molar-refractivity contribution in [3.05, 3.63) is 69.7 Å². The summed E-state index contributed by atoms with van der Waals surface area (Å²) >= 11 is 6.04. The Morgan fingerprint density at radius 1 is 1.05 bits per heavy atom. The Hall–Kier alpha value is -2.59. The van der Waals surface area contributed by atoms with Gasteiger partial charge in [0, 0.05) is 75.4 Å². The molecule has 0 aliphatic carbocycles. The van der Waals surface area contributed by atoms with Gasteiger partial charge in [0.2, 0.25) is 5.91 Å². The van der Waals surface area contributed by atoms with Crippen molar-refractivity contribution in [2.24, 2.45) is 5.92 Å². The van der Waals surface area contributed by atoms with Crippen molar-refractivity contribution in [2.45, 2.75) is 64.6 Å². The van der Waals surface area contributed by atoms with E-state index in [2.05, 4.69) is 4.90 Å². The van der Waals surface area contributed by atoms with E-state index in [1.54, 1.807) is 31.2 Å². The number of carboxylic acids is 1. The molecule has 0 unspecified atom stereocenters. The van der Waals surface area contributed by atoms with Gasteiger partial charge < -0.3 is 14.7 Å². The van der Waals surface area contributed by atoms with Crippen LogP contribution in [0.4, 0.5) is 8.78 Å². The first-order valence-corrected chi connectivity index (χ1v) is 14.8. The van der Waals surface area contributed by atoms with Crippen molar-refractivity contribution in [1.29, 1.82) is 0 Å². The van der Waals surface area contributed by atoms with Crippen LogP contribution in [0.15, 0.2) is 36.4 Å². The molecule has 3 aliphatic heterocycles.